The van der Waals surface area contributed by atoms with Crippen molar-refractivity contribution in [2.45, 2.75) is 6.54 Å². The van der Waals surface area contributed by atoms with Gasteiger partial charge in [-0.25, -0.2) is 4.68 Å². The van der Waals surface area contributed by atoms with Gasteiger partial charge in [-0.3, -0.25) is 0 Å². The molecule has 0 atom stereocenters. The highest BCUT2D eigenvalue weighted by Gasteiger charge is 1.96. The maximum Gasteiger partial charge on any atom is 0.120 e. The molecular weight excluding hydrogens is 204 g/mol. The molecule has 0 radical (unpaired) electrons. The van der Waals surface area contributed by atoms with Gasteiger partial charge in [0, 0.05) is 6.20 Å². The van der Waals surface area contributed by atoms with E-state index in [0.717, 1.165) is 0 Å². The minimum atomic E-state index is 0.498. The van der Waals surface area contributed by atoms with Gasteiger partial charge in [0.25, 0.3) is 0 Å². The first-order valence-electron chi connectivity index (χ1n) is 4.85. The van der Waals surface area contributed by atoms with E-state index in [-0.39, 0.29) is 0 Å². The van der Waals surface area contributed by atoms with E-state index in [1.54, 1.807) is 35.3 Å². The van der Waals surface area contributed by atoms with Crippen LogP contribution in [0.4, 0.5) is 0 Å². The van der Waals surface area contributed by atoms with Crippen molar-refractivity contribution >= 4 is 0 Å². The maximum absolute atomic E-state index is 8.71. The summed E-state index contributed by atoms with van der Waals surface area (Å²) in [4.78, 5) is 0. The van der Waals surface area contributed by atoms with Gasteiger partial charge in [0.05, 0.1) is 24.4 Å². The quantitative estimate of drug-likeness (QED) is 0.767. The number of hydrogen-bond acceptors (Lipinski definition) is 4. The average Bonchev–Trinajstić information content (AvgIpc) is 2.82. The van der Waals surface area contributed by atoms with Crippen molar-refractivity contribution in [2.24, 2.45) is 0 Å². The minimum Gasteiger partial charge on any atom is -0.492 e. The van der Waals surface area contributed by atoms with Gasteiger partial charge in [-0.15, -0.1) is 5.10 Å². The topological polar surface area (TPSA) is 63.7 Å². The van der Waals surface area contributed by atoms with Crippen LogP contribution in [0.15, 0.2) is 36.7 Å². The molecule has 0 unspecified atom stereocenters. The Labute approximate surface area is 92.9 Å². The zero-order valence-electron chi connectivity index (χ0n) is 8.58. The summed E-state index contributed by atoms with van der Waals surface area (Å²) in [5.74, 6) is 0.694. The Balaban J connectivity index is 1.88. The first kappa shape index (κ1) is 10.2. The smallest absolute Gasteiger partial charge is 0.120 e. The predicted molar refractivity (Wildman–Crippen MR) is 56.7 cm³/mol. The summed E-state index contributed by atoms with van der Waals surface area (Å²) < 4.78 is 7.17. The van der Waals surface area contributed by atoms with Crippen LogP contribution in [-0.2, 0) is 6.54 Å². The molecule has 2 rings (SSSR count). The van der Waals surface area contributed by atoms with Crippen LogP contribution in [0.5, 0.6) is 5.75 Å². The fourth-order valence-corrected chi connectivity index (χ4v) is 1.26. The molecular formula is C11H10N4O. The number of aromatic nitrogens is 3. The lowest BCUT2D eigenvalue weighted by atomic mass is 10.2. The SMILES string of the molecule is N#Cc1cccc(OCCn2ccnn2)c1. The first-order chi connectivity index (χ1) is 7.88. The van der Waals surface area contributed by atoms with Gasteiger partial charge < -0.3 is 4.74 Å². The minimum absolute atomic E-state index is 0.498. The number of ether oxygens (including phenoxy) is 1. The largest absolute Gasteiger partial charge is 0.492 e. The lowest BCUT2D eigenvalue weighted by Crippen LogP contribution is -2.08. The number of rotatable bonds is 4. The normalized spacial score (nSPS) is 9.69. The third kappa shape index (κ3) is 2.58. The van der Waals surface area contributed by atoms with Crippen LogP contribution in [0, 0.1) is 11.3 Å². The third-order valence-corrected chi connectivity index (χ3v) is 2.02. The van der Waals surface area contributed by atoms with Gasteiger partial charge in [0.15, 0.2) is 0 Å². The summed E-state index contributed by atoms with van der Waals surface area (Å²) >= 11 is 0. The van der Waals surface area contributed by atoms with Crippen molar-refractivity contribution in [3.63, 3.8) is 0 Å². The lowest BCUT2D eigenvalue weighted by molar-refractivity contribution is 0.289. The van der Waals surface area contributed by atoms with E-state index in [2.05, 4.69) is 16.4 Å². The standard InChI is InChI=1S/C11H10N4O/c12-9-10-2-1-3-11(8-10)16-7-6-15-5-4-13-14-15/h1-5,8H,6-7H2. The molecule has 0 fully saturated rings. The van der Waals surface area contributed by atoms with Crippen LogP contribution in [-0.4, -0.2) is 21.6 Å². The number of hydrogen-bond donors (Lipinski definition) is 0. The van der Waals surface area contributed by atoms with Gasteiger partial charge in [0.1, 0.15) is 12.4 Å². The molecule has 0 spiro atoms. The van der Waals surface area contributed by atoms with E-state index in [4.69, 9.17) is 10.00 Å². The Hall–Kier alpha value is -2.35. The summed E-state index contributed by atoms with van der Waals surface area (Å²) in [6.45, 7) is 1.13. The number of nitriles is 1. The van der Waals surface area contributed by atoms with E-state index in [1.165, 1.54) is 0 Å². The molecule has 0 aliphatic carbocycles. The van der Waals surface area contributed by atoms with Gasteiger partial charge >= 0.3 is 0 Å². The van der Waals surface area contributed by atoms with E-state index >= 15 is 0 Å². The predicted octanol–water partition coefficient (Wildman–Crippen LogP) is 1.23. The average molecular weight is 214 g/mol. The highest BCUT2D eigenvalue weighted by molar-refractivity contribution is 5.36. The molecule has 0 aliphatic rings. The molecule has 1 aromatic carbocycles. The molecule has 5 heteroatoms. The van der Waals surface area contributed by atoms with Gasteiger partial charge in [-0.05, 0) is 18.2 Å². The van der Waals surface area contributed by atoms with Crippen molar-refractivity contribution in [3.8, 4) is 11.8 Å². The van der Waals surface area contributed by atoms with Crippen LogP contribution >= 0.6 is 0 Å². The second-order valence-electron chi connectivity index (χ2n) is 3.15. The number of benzene rings is 1. The van der Waals surface area contributed by atoms with Gasteiger partial charge in [0.2, 0.25) is 0 Å². The Morgan fingerprint density at radius 1 is 1.44 bits per heavy atom. The Kier molecular flexibility index (Phi) is 3.14. The van der Waals surface area contributed by atoms with E-state index in [0.29, 0.717) is 24.5 Å². The molecule has 0 saturated heterocycles. The molecule has 0 amide bonds. The first-order valence-corrected chi connectivity index (χ1v) is 4.85. The van der Waals surface area contributed by atoms with E-state index < -0.39 is 0 Å². The summed E-state index contributed by atoms with van der Waals surface area (Å²) in [6.07, 6.45) is 3.39. The van der Waals surface area contributed by atoms with Crippen molar-refractivity contribution in [1.82, 2.24) is 15.0 Å². The van der Waals surface area contributed by atoms with Crippen molar-refractivity contribution in [3.05, 3.63) is 42.2 Å². The van der Waals surface area contributed by atoms with Crippen LogP contribution in [0.2, 0.25) is 0 Å². The summed E-state index contributed by atoms with van der Waals surface area (Å²) in [5.41, 5.74) is 0.596. The Bertz CT molecular complexity index is 487. The maximum atomic E-state index is 8.71. The van der Waals surface area contributed by atoms with Crippen LogP contribution < -0.4 is 4.74 Å². The van der Waals surface area contributed by atoms with Gasteiger partial charge in [-0.1, -0.05) is 11.3 Å². The summed E-state index contributed by atoms with van der Waals surface area (Å²) in [6, 6.07) is 9.13. The third-order valence-electron chi connectivity index (χ3n) is 2.02. The fraction of sp³-hybridized carbons (Fsp3) is 0.182. The lowest BCUT2D eigenvalue weighted by Gasteiger charge is -2.05. The molecule has 0 saturated carbocycles. The molecule has 2 aromatic rings. The summed E-state index contributed by atoms with van der Waals surface area (Å²) in [7, 11) is 0. The molecule has 5 nitrogen and oxygen atoms in total. The molecule has 1 heterocycles. The van der Waals surface area contributed by atoms with Crippen LogP contribution in [0.3, 0.4) is 0 Å². The molecule has 16 heavy (non-hydrogen) atoms. The number of nitrogens with zero attached hydrogens (tertiary/aromatic N) is 4. The van der Waals surface area contributed by atoms with Crippen LogP contribution in [0.25, 0.3) is 0 Å². The second-order valence-corrected chi connectivity index (χ2v) is 3.15. The van der Waals surface area contributed by atoms with E-state index in [9.17, 15) is 0 Å². The molecule has 80 valence electrons. The van der Waals surface area contributed by atoms with Crippen LogP contribution in [0.1, 0.15) is 5.56 Å². The molecule has 1 aromatic heterocycles. The summed E-state index contributed by atoms with van der Waals surface area (Å²) in [5, 5.41) is 16.2. The molecule has 0 N–H and O–H groups in total. The van der Waals surface area contributed by atoms with Gasteiger partial charge in [-0.2, -0.15) is 5.26 Å². The second kappa shape index (κ2) is 4.94. The van der Waals surface area contributed by atoms with Crippen molar-refractivity contribution < 1.29 is 4.74 Å². The monoisotopic (exact) mass is 214 g/mol. The Morgan fingerprint density at radius 3 is 3.12 bits per heavy atom. The highest BCUT2D eigenvalue weighted by Crippen LogP contribution is 2.12. The molecule has 0 bridgehead atoms. The van der Waals surface area contributed by atoms with Crippen molar-refractivity contribution in [1.29, 1.82) is 5.26 Å². The zero-order chi connectivity index (χ0) is 11.2. The van der Waals surface area contributed by atoms with E-state index in [1.807, 2.05) is 6.07 Å². The zero-order valence-corrected chi connectivity index (χ0v) is 8.58. The molecule has 0 aliphatic heterocycles. The van der Waals surface area contributed by atoms with Crippen molar-refractivity contribution in [2.75, 3.05) is 6.61 Å². The highest BCUT2D eigenvalue weighted by atomic mass is 16.5. The Morgan fingerprint density at radius 2 is 2.38 bits per heavy atom. The fourth-order valence-electron chi connectivity index (χ4n) is 1.26.